The van der Waals surface area contributed by atoms with Gasteiger partial charge in [-0.2, -0.15) is 0 Å². The van der Waals surface area contributed by atoms with Crippen LogP contribution in [0.5, 0.6) is 0 Å². The average Bonchev–Trinajstić information content (AvgIpc) is 2.86. The molecule has 1 aliphatic carbocycles. The van der Waals surface area contributed by atoms with E-state index in [-0.39, 0.29) is 0 Å². The maximum atomic E-state index is 5.70. The van der Waals surface area contributed by atoms with Crippen molar-refractivity contribution in [1.29, 1.82) is 0 Å². The van der Waals surface area contributed by atoms with Crippen LogP contribution >= 0.6 is 0 Å². The number of aromatic nitrogens is 1. The fourth-order valence-corrected chi connectivity index (χ4v) is 2.38. The monoisotopic (exact) mass is 208 g/mol. The molecule has 15 heavy (non-hydrogen) atoms. The maximum absolute atomic E-state index is 5.70. The van der Waals surface area contributed by atoms with Gasteiger partial charge in [-0.3, -0.25) is 0 Å². The molecule has 0 amide bonds. The molecule has 0 aliphatic heterocycles. The van der Waals surface area contributed by atoms with Crippen LogP contribution in [0, 0.1) is 0 Å². The van der Waals surface area contributed by atoms with Crippen molar-refractivity contribution in [1.82, 2.24) is 4.98 Å². The van der Waals surface area contributed by atoms with Gasteiger partial charge in [0.05, 0.1) is 12.2 Å². The molecule has 2 N–H and O–H groups in total. The zero-order valence-corrected chi connectivity index (χ0v) is 9.62. The molecule has 0 saturated heterocycles. The summed E-state index contributed by atoms with van der Waals surface area (Å²) in [5, 5.41) is 0. The maximum Gasteiger partial charge on any atom is 0.208 e. The van der Waals surface area contributed by atoms with Crippen molar-refractivity contribution in [3.63, 3.8) is 0 Å². The van der Waals surface area contributed by atoms with Crippen molar-refractivity contribution in [3.05, 3.63) is 17.3 Å². The van der Waals surface area contributed by atoms with E-state index in [1.54, 1.807) is 0 Å². The van der Waals surface area contributed by atoms with Crippen LogP contribution in [0.3, 0.4) is 0 Å². The van der Waals surface area contributed by atoms with Crippen LogP contribution in [0.15, 0.2) is 4.42 Å². The molecule has 1 aliphatic rings. The van der Waals surface area contributed by atoms with Gasteiger partial charge >= 0.3 is 0 Å². The smallest absolute Gasteiger partial charge is 0.208 e. The first-order chi connectivity index (χ1) is 7.22. The molecule has 1 aromatic heterocycles. The Morgan fingerprint density at radius 2 is 2.07 bits per heavy atom. The first kappa shape index (κ1) is 10.7. The van der Waals surface area contributed by atoms with Gasteiger partial charge in [-0.05, 0) is 12.8 Å². The molecule has 0 radical (unpaired) electrons. The Bertz CT molecular complexity index is 324. The van der Waals surface area contributed by atoms with Gasteiger partial charge in [-0.15, -0.1) is 0 Å². The fraction of sp³-hybridized carbons (Fsp3) is 0.750. The van der Waals surface area contributed by atoms with Crippen LogP contribution in [0.1, 0.15) is 68.7 Å². The first-order valence-electron chi connectivity index (χ1n) is 5.92. The number of rotatable bonds is 3. The number of hydrogen-bond acceptors (Lipinski definition) is 3. The van der Waals surface area contributed by atoms with E-state index < -0.39 is 0 Å². The van der Waals surface area contributed by atoms with Crippen molar-refractivity contribution in [2.24, 2.45) is 5.73 Å². The van der Waals surface area contributed by atoms with Crippen molar-refractivity contribution < 1.29 is 4.42 Å². The lowest BCUT2D eigenvalue weighted by Crippen LogP contribution is -2.00. The molecule has 1 aromatic rings. The second-order valence-corrected chi connectivity index (χ2v) is 4.70. The van der Waals surface area contributed by atoms with E-state index in [1.165, 1.54) is 31.4 Å². The van der Waals surface area contributed by atoms with Crippen molar-refractivity contribution in [2.75, 3.05) is 0 Å². The summed E-state index contributed by atoms with van der Waals surface area (Å²) in [5.74, 6) is 2.78. The van der Waals surface area contributed by atoms with E-state index in [4.69, 9.17) is 10.2 Å². The van der Waals surface area contributed by atoms with Gasteiger partial charge in [0, 0.05) is 11.8 Å². The Labute approximate surface area is 91.1 Å². The Balaban J connectivity index is 2.30. The summed E-state index contributed by atoms with van der Waals surface area (Å²) in [5.41, 5.74) is 6.76. The lowest BCUT2D eigenvalue weighted by atomic mass is 9.98. The summed E-state index contributed by atoms with van der Waals surface area (Å²) in [4.78, 5) is 4.54. The highest BCUT2D eigenvalue weighted by atomic mass is 16.4. The molecule has 3 nitrogen and oxygen atoms in total. The lowest BCUT2D eigenvalue weighted by Gasteiger charge is -2.08. The summed E-state index contributed by atoms with van der Waals surface area (Å²) in [6.45, 7) is 4.71. The average molecular weight is 208 g/mol. The molecule has 3 heteroatoms. The van der Waals surface area contributed by atoms with E-state index >= 15 is 0 Å². The summed E-state index contributed by atoms with van der Waals surface area (Å²) in [6.07, 6.45) is 5.17. The fourth-order valence-electron chi connectivity index (χ4n) is 2.38. The van der Waals surface area contributed by atoms with E-state index in [1.807, 2.05) is 0 Å². The molecule has 2 rings (SSSR count). The highest BCUT2D eigenvalue weighted by Gasteiger charge is 2.25. The van der Waals surface area contributed by atoms with Gasteiger partial charge < -0.3 is 10.2 Å². The lowest BCUT2D eigenvalue weighted by molar-refractivity contribution is 0.436. The minimum Gasteiger partial charge on any atom is -0.444 e. The van der Waals surface area contributed by atoms with Crippen molar-refractivity contribution in [3.8, 4) is 0 Å². The van der Waals surface area contributed by atoms with Crippen LogP contribution in [0.25, 0.3) is 0 Å². The zero-order valence-electron chi connectivity index (χ0n) is 9.62. The quantitative estimate of drug-likeness (QED) is 0.831. The van der Waals surface area contributed by atoms with Crippen molar-refractivity contribution in [2.45, 2.75) is 57.9 Å². The summed E-state index contributed by atoms with van der Waals surface area (Å²) >= 11 is 0. The summed E-state index contributed by atoms with van der Waals surface area (Å²) < 4.78 is 5.70. The Hall–Kier alpha value is -0.830. The molecular formula is C12H20N2O. The van der Waals surface area contributed by atoms with Gasteiger partial charge in [0.25, 0.3) is 0 Å². The predicted octanol–water partition coefficient (Wildman–Crippen LogP) is 2.91. The standard InChI is InChI=1S/C12H20N2O/c1-8(2)12-11(9-5-3-4-6-9)14-10(7-13)15-12/h8-9H,3-7,13H2,1-2H3. The molecule has 1 heterocycles. The topological polar surface area (TPSA) is 52.0 Å². The Morgan fingerprint density at radius 1 is 1.40 bits per heavy atom. The first-order valence-corrected chi connectivity index (χ1v) is 5.92. The third-order valence-corrected chi connectivity index (χ3v) is 3.17. The Morgan fingerprint density at radius 3 is 2.60 bits per heavy atom. The molecule has 1 saturated carbocycles. The molecule has 1 fully saturated rings. The minimum absolute atomic E-state index is 0.409. The van der Waals surface area contributed by atoms with Crippen LogP contribution < -0.4 is 5.73 Å². The molecule has 84 valence electrons. The number of nitrogens with zero attached hydrogens (tertiary/aromatic N) is 1. The van der Waals surface area contributed by atoms with E-state index in [0.29, 0.717) is 24.3 Å². The molecular weight excluding hydrogens is 188 g/mol. The van der Waals surface area contributed by atoms with Crippen LogP contribution in [0.2, 0.25) is 0 Å². The Kier molecular flexibility index (Phi) is 3.10. The van der Waals surface area contributed by atoms with Crippen LogP contribution in [-0.4, -0.2) is 4.98 Å². The third kappa shape index (κ3) is 2.07. The van der Waals surface area contributed by atoms with E-state index in [2.05, 4.69) is 18.8 Å². The molecule has 0 unspecified atom stereocenters. The second kappa shape index (κ2) is 4.35. The van der Waals surface area contributed by atoms with Gasteiger partial charge in [-0.25, -0.2) is 4.98 Å². The van der Waals surface area contributed by atoms with Crippen LogP contribution in [-0.2, 0) is 6.54 Å². The number of nitrogens with two attached hydrogens (primary N) is 1. The van der Waals surface area contributed by atoms with Gasteiger partial charge in [-0.1, -0.05) is 26.7 Å². The normalized spacial score (nSPS) is 17.9. The zero-order chi connectivity index (χ0) is 10.8. The third-order valence-electron chi connectivity index (χ3n) is 3.17. The molecule has 0 atom stereocenters. The van der Waals surface area contributed by atoms with Crippen LogP contribution in [0.4, 0.5) is 0 Å². The van der Waals surface area contributed by atoms with Gasteiger partial charge in [0.15, 0.2) is 0 Å². The number of oxazole rings is 1. The SMILES string of the molecule is CC(C)c1oc(CN)nc1C1CCCC1. The number of hydrogen-bond donors (Lipinski definition) is 1. The minimum atomic E-state index is 0.409. The van der Waals surface area contributed by atoms with E-state index in [0.717, 1.165) is 5.76 Å². The molecule has 0 bridgehead atoms. The van der Waals surface area contributed by atoms with E-state index in [9.17, 15) is 0 Å². The molecule has 0 aromatic carbocycles. The predicted molar refractivity (Wildman–Crippen MR) is 59.7 cm³/mol. The second-order valence-electron chi connectivity index (χ2n) is 4.70. The molecule has 0 spiro atoms. The van der Waals surface area contributed by atoms with Crippen molar-refractivity contribution >= 4 is 0 Å². The van der Waals surface area contributed by atoms with Gasteiger partial charge in [0.1, 0.15) is 5.76 Å². The largest absolute Gasteiger partial charge is 0.444 e. The summed E-state index contributed by atoms with van der Waals surface area (Å²) in [6, 6.07) is 0. The summed E-state index contributed by atoms with van der Waals surface area (Å²) in [7, 11) is 0. The highest BCUT2D eigenvalue weighted by molar-refractivity contribution is 5.19. The van der Waals surface area contributed by atoms with Gasteiger partial charge in [0.2, 0.25) is 5.89 Å². The highest BCUT2D eigenvalue weighted by Crippen LogP contribution is 2.37.